The second-order valence-corrected chi connectivity index (χ2v) is 5.08. The Balaban J connectivity index is 2.06. The minimum Gasteiger partial charge on any atom is -0.392 e. The standard InChI is InChI=1S/C15H25NO/c1-13(2)11-16-12-15(17)10-6-9-14-7-4-3-5-8-14/h3-5,7-8,13,15-17H,6,9-12H2,1-2H3. The summed E-state index contributed by atoms with van der Waals surface area (Å²) in [5.74, 6) is 0.645. The SMILES string of the molecule is CC(C)CNCC(O)CCCc1ccccc1. The number of rotatable bonds is 8. The topological polar surface area (TPSA) is 32.3 Å². The molecule has 1 unspecified atom stereocenters. The molecule has 0 bridgehead atoms. The molecule has 1 rings (SSSR count). The van der Waals surface area contributed by atoms with Crippen LogP contribution < -0.4 is 5.32 Å². The zero-order chi connectivity index (χ0) is 12.5. The van der Waals surface area contributed by atoms with E-state index in [4.69, 9.17) is 0 Å². The van der Waals surface area contributed by atoms with Crippen molar-refractivity contribution < 1.29 is 5.11 Å². The maximum absolute atomic E-state index is 9.78. The second kappa shape index (κ2) is 8.26. The zero-order valence-corrected chi connectivity index (χ0v) is 11.0. The van der Waals surface area contributed by atoms with Crippen molar-refractivity contribution in [3.8, 4) is 0 Å². The first-order valence-electron chi connectivity index (χ1n) is 6.61. The Hall–Kier alpha value is -0.860. The van der Waals surface area contributed by atoms with Crippen molar-refractivity contribution in [2.45, 2.75) is 39.2 Å². The van der Waals surface area contributed by atoms with E-state index >= 15 is 0 Å². The first kappa shape index (κ1) is 14.2. The van der Waals surface area contributed by atoms with E-state index in [0.29, 0.717) is 12.5 Å². The van der Waals surface area contributed by atoms with Gasteiger partial charge in [0.2, 0.25) is 0 Å². The van der Waals surface area contributed by atoms with Gasteiger partial charge in [-0.2, -0.15) is 0 Å². The number of benzene rings is 1. The fourth-order valence-corrected chi connectivity index (χ4v) is 1.83. The lowest BCUT2D eigenvalue weighted by Crippen LogP contribution is -2.29. The normalized spacial score (nSPS) is 12.9. The molecule has 0 amide bonds. The minimum atomic E-state index is -0.211. The van der Waals surface area contributed by atoms with Gasteiger partial charge in [-0.05, 0) is 37.3 Å². The van der Waals surface area contributed by atoms with Crippen LogP contribution in [0.4, 0.5) is 0 Å². The van der Waals surface area contributed by atoms with Crippen LogP contribution in [0.2, 0.25) is 0 Å². The molecule has 2 N–H and O–H groups in total. The highest BCUT2D eigenvalue weighted by Gasteiger charge is 2.04. The quantitative estimate of drug-likeness (QED) is 0.726. The summed E-state index contributed by atoms with van der Waals surface area (Å²) in [6.45, 7) is 6.05. The molecule has 0 aliphatic carbocycles. The van der Waals surface area contributed by atoms with Gasteiger partial charge in [0.15, 0.2) is 0 Å². The molecule has 0 aliphatic rings. The van der Waals surface area contributed by atoms with Crippen LogP contribution in [0.5, 0.6) is 0 Å². The third kappa shape index (κ3) is 7.14. The Labute approximate surface area is 105 Å². The zero-order valence-electron chi connectivity index (χ0n) is 11.0. The van der Waals surface area contributed by atoms with Crippen LogP contribution in [-0.2, 0) is 6.42 Å². The van der Waals surface area contributed by atoms with Crippen molar-refractivity contribution in [2.75, 3.05) is 13.1 Å². The molecular weight excluding hydrogens is 210 g/mol. The maximum Gasteiger partial charge on any atom is 0.0664 e. The predicted octanol–water partition coefficient (Wildman–Crippen LogP) is 2.62. The molecule has 1 aromatic carbocycles. The highest BCUT2D eigenvalue weighted by Crippen LogP contribution is 2.06. The molecule has 0 spiro atoms. The summed E-state index contributed by atoms with van der Waals surface area (Å²) < 4.78 is 0. The Kier molecular flexibility index (Phi) is 6.90. The Bertz CT molecular complexity index is 284. The number of hydrogen-bond acceptors (Lipinski definition) is 2. The lowest BCUT2D eigenvalue weighted by Gasteiger charge is -2.13. The van der Waals surface area contributed by atoms with E-state index in [9.17, 15) is 5.11 Å². The first-order chi connectivity index (χ1) is 8.18. The average Bonchev–Trinajstić information content (AvgIpc) is 2.30. The third-order valence-electron chi connectivity index (χ3n) is 2.78. The summed E-state index contributed by atoms with van der Waals surface area (Å²) in [5, 5.41) is 13.1. The maximum atomic E-state index is 9.78. The number of aliphatic hydroxyl groups is 1. The highest BCUT2D eigenvalue weighted by molar-refractivity contribution is 5.14. The van der Waals surface area contributed by atoms with E-state index in [0.717, 1.165) is 25.8 Å². The molecule has 1 atom stereocenters. The van der Waals surface area contributed by atoms with E-state index in [1.54, 1.807) is 0 Å². The van der Waals surface area contributed by atoms with E-state index < -0.39 is 0 Å². The van der Waals surface area contributed by atoms with Crippen LogP contribution in [0, 0.1) is 5.92 Å². The molecule has 96 valence electrons. The lowest BCUT2D eigenvalue weighted by atomic mass is 10.1. The molecule has 0 fully saturated rings. The highest BCUT2D eigenvalue weighted by atomic mass is 16.3. The molecule has 2 heteroatoms. The van der Waals surface area contributed by atoms with Gasteiger partial charge < -0.3 is 10.4 Å². The molecule has 0 saturated carbocycles. The Morgan fingerprint density at radius 1 is 1.12 bits per heavy atom. The van der Waals surface area contributed by atoms with E-state index in [1.807, 2.05) is 6.07 Å². The van der Waals surface area contributed by atoms with E-state index in [1.165, 1.54) is 5.56 Å². The van der Waals surface area contributed by atoms with Gasteiger partial charge in [0.05, 0.1) is 6.10 Å². The second-order valence-electron chi connectivity index (χ2n) is 5.08. The van der Waals surface area contributed by atoms with Crippen LogP contribution in [0.25, 0.3) is 0 Å². The lowest BCUT2D eigenvalue weighted by molar-refractivity contribution is 0.158. The van der Waals surface area contributed by atoms with Crippen LogP contribution in [0.15, 0.2) is 30.3 Å². The molecule has 17 heavy (non-hydrogen) atoms. The number of aryl methyl sites for hydroxylation is 1. The predicted molar refractivity (Wildman–Crippen MR) is 73.1 cm³/mol. The van der Waals surface area contributed by atoms with Gasteiger partial charge in [0, 0.05) is 6.54 Å². The molecule has 0 heterocycles. The van der Waals surface area contributed by atoms with E-state index in [2.05, 4.69) is 43.4 Å². The number of hydrogen-bond donors (Lipinski definition) is 2. The van der Waals surface area contributed by atoms with Crippen molar-refractivity contribution in [3.05, 3.63) is 35.9 Å². The fraction of sp³-hybridized carbons (Fsp3) is 0.600. The molecule has 0 aromatic heterocycles. The largest absolute Gasteiger partial charge is 0.392 e. The van der Waals surface area contributed by atoms with Crippen molar-refractivity contribution in [3.63, 3.8) is 0 Å². The molecule has 0 aliphatic heterocycles. The number of aliphatic hydroxyl groups excluding tert-OH is 1. The molecule has 0 saturated heterocycles. The van der Waals surface area contributed by atoms with Crippen LogP contribution in [0.3, 0.4) is 0 Å². The minimum absolute atomic E-state index is 0.211. The van der Waals surface area contributed by atoms with Gasteiger partial charge in [0.1, 0.15) is 0 Å². The van der Waals surface area contributed by atoms with Gasteiger partial charge in [-0.15, -0.1) is 0 Å². The summed E-state index contributed by atoms with van der Waals surface area (Å²) in [5.41, 5.74) is 1.36. The summed E-state index contributed by atoms with van der Waals surface area (Å²) in [7, 11) is 0. The van der Waals surface area contributed by atoms with Crippen LogP contribution in [0.1, 0.15) is 32.3 Å². The monoisotopic (exact) mass is 235 g/mol. The molecule has 0 radical (unpaired) electrons. The fourth-order valence-electron chi connectivity index (χ4n) is 1.83. The Morgan fingerprint density at radius 3 is 2.47 bits per heavy atom. The average molecular weight is 235 g/mol. The number of nitrogens with one attached hydrogen (secondary N) is 1. The van der Waals surface area contributed by atoms with Gasteiger partial charge >= 0.3 is 0 Å². The molecule has 1 aromatic rings. The smallest absolute Gasteiger partial charge is 0.0664 e. The summed E-state index contributed by atoms with van der Waals surface area (Å²) >= 11 is 0. The van der Waals surface area contributed by atoms with Crippen LogP contribution >= 0.6 is 0 Å². The Morgan fingerprint density at radius 2 is 1.82 bits per heavy atom. The third-order valence-corrected chi connectivity index (χ3v) is 2.78. The summed E-state index contributed by atoms with van der Waals surface area (Å²) in [6, 6.07) is 10.5. The van der Waals surface area contributed by atoms with Crippen molar-refractivity contribution >= 4 is 0 Å². The van der Waals surface area contributed by atoms with Gasteiger partial charge in [0.25, 0.3) is 0 Å². The molecular formula is C15H25NO. The summed E-state index contributed by atoms with van der Waals surface area (Å²) in [6.07, 6.45) is 2.77. The summed E-state index contributed by atoms with van der Waals surface area (Å²) in [4.78, 5) is 0. The van der Waals surface area contributed by atoms with Gasteiger partial charge in [-0.25, -0.2) is 0 Å². The molecule has 2 nitrogen and oxygen atoms in total. The van der Waals surface area contributed by atoms with Gasteiger partial charge in [-0.3, -0.25) is 0 Å². The first-order valence-corrected chi connectivity index (χ1v) is 6.61. The van der Waals surface area contributed by atoms with Crippen molar-refractivity contribution in [2.24, 2.45) is 5.92 Å². The van der Waals surface area contributed by atoms with Crippen molar-refractivity contribution in [1.29, 1.82) is 0 Å². The van der Waals surface area contributed by atoms with Crippen molar-refractivity contribution in [1.82, 2.24) is 5.32 Å². The van der Waals surface area contributed by atoms with Crippen LogP contribution in [-0.4, -0.2) is 24.3 Å². The van der Waals surface area contributed by atoms with E-state index in [-0.39, 0.29) is 6.10 Å². The van der Waals surface area contributed by atoms with Gasteiger partial charge in [-0.1, -0.05) is 44.2 Å².